The number of amides is 1. The highest BCUT2D eigenvalue weighted by Crippen LogP contribution is 2.33. The molecule has 0 bridgehead atoms. The van der Waals surface area contributed by atoms with Gasteiger partial charge in [-0.3, -0.25) is 9.69 Å². The van der Waals surface area contributed by atoms with Gasteiger partial charge in [-0.1, -0.05) is 6.07 Å². The number of carbonyl (C=O) groups is 1. The molecule has 7 nitrogen and oxygen atoms in total. The van der Waals surface area contributed by atoms with Gasteiger partial charge in [0.05, 0.1) is 53.2 Å². The molecule has 1 amide bonds. The Hall–Kier alpha value is -3.73. The zero-order valence-electron chi connectivity index (χ0n) is 18.6. The Morgan fingerprint density at radius 2 is 1.77 bits per heavy atom. The molecule has 2 aromatic heterocycles. The van der Waals surface area contributed by atoms with Gasteiger partial charge in [0, 0.05) is 26.2 Å². The SMILES string of the molecule is O=C1NCc2nc(-c3c(F)cccc3F)cc(Nc3ccc(N4CCN(CC(F)F)CC4)cn3)c21. The van der Waals surface area contributed by atoms with Gasteiger partial charge in [0.15, 0.2) is 0 Å². The summed E-state index contributed by atoms with van der Waals surface area (Å²) in [4.78, 5) is 24.9. The Morgan fingerprint density at radius 1 is 1.03 bits per heavy atom. The fourth-order valence-corrected chi connectivity index (χ4v) is 4.37. The van der Waals surface area contributed by atoms with Crippen LogP contribution in [0.3, 0.4) is 0 Å². The molecule has 2 N–H and O–H groups in total. The summed E-state index contributed by atoms with van der Waals surface area (Å²) in [5.74, 6) is -1.42. The molecule has 0 atom stereocenters. The second kappa shape index (κ2) is 9.49. The first-order valence-corrected chi connectivity index (χ1v) is 11.1. The molecule has 2 aliphatic heterocycles. The van der Waals surface area contributed by atoms with Gasteiger partial charge in [-0.2, -0.15) is 0 Å². The minimum Gasteiger partial charge on any atom is -0.368 e. The number of hydrogen-bond acceptors (Lipinski definition) is 6. The number of halogens is 4. The van der Waals surface area contributed by atoms with Crippen LogP contribution in [0.4, 0.5) is 34.8 Å². The lowest BCUT2D eigenvalue weighted by atomic mass is 10.1. The highest BCUT2D eigenvalue weighted by molar-refractivity contribution is 6.04. The van der Waals surface area contributed by atoms with Crippen LogP contribution in [-0.4, -0.2) is 59.9 Å². The Balaban J connectivity index is 1.38. The van der Waals surface area contributed by atoms with Gasteiger partial charge in [-0.15, -0.1) is 0 Å². The average molecular weight is 486 g/mol. The number of rotatable bonds is 6. The van der Waals surface area contributed by atoms with E-state index in [0.717, 1.165) is 17.8 Å². The predicted octanol–water partition coefficient (Wildman–Crippen LogP) is 3.80. The minimum atomic E-state index is -2.35. The lowest BCUT2D eigenvalue weighted by molar-refractivity contribution is 0.0854. The third kappa shape index (κ3) is 4.76. The summed E-state index contributed by atoms with van der Waals surface area (Å²) in [5, 5.41) is 5.76. The molecular weight excluding hydrogens is 464 g/mol. The highest BCUT2D eigenvalue weighted by Gasteiger charge is 2.27. The number of nitrogens with one attached hydrogen (secondary N) is 2. The molecule has 4 heterocycles. The summed E-state index contributed by atoms with van der Waals surface area (Å²) in [6, 6.07) is 8.58. The normalized spacial score (nSPS) is 15.9. The number of fused-ring (bicyclic) bond motifs is 1. The molecule has 0 saturated carbocycles. The van der Waals surface area contributed by atoms with E-state index in [2.05, 4.69) is 25.5 Å². The number of piperazine rings is 1. The molecule has 5 rings (SSSR count). The smallest absolute Gasteiger partial charge is 0.255 e. The summed E-state index contributed by atoms with van der Waals surface area (Å²) < 4.78 is 54.0. The largest absolute Gasteiger partial charge is 0.368 e. The monoisotopic (exact) mass is 486 g/mol. The van der Waals surface area contributed by atoms with Crippen LogP contribution in [0.25, 0.3) is 11.3 Å². The molecule has 2 aliphatic rings. The standard InChI is InChI=1S/C24H22F4N6O/c25-15-2-1-3-16(26)22(15)17-10-18(23-19(31-17)12-30-24(23)35)32-21-5-4-14(11-29-21)34-8-6-33(7-9-34)13-20(27)28/h1-5,10-11,20H,6-9,12-13H2,(H,30,35)(H,29,31,32). The van der Waals surface area contributed by atoms with Gasteiger partial charge in [-0.05, 0) is 30.3 Å². The number of aromatic nitrogens is 2. The Labute approximate surface area is 198 Å². The van der Waals surface area contributed by atoms with Crippen LogP contribution in [-0.2, 0) is 6.54 Å². The number of hydrogen-bond donors (Lipinski definition) is 2. The van der Waals surface area contributed by atoms with Crippen LogP contribution in [0, 0.1) is 11.6 Å². The van der Waals surface area contributed by atoms with E-state index >= 15 is 0 Å². The van der Waals surface area contributed by atoms with Crippen molar-refractivity contribution in [3.63, 3.8) is 0 Å². The van der Waals surface area contributed by atoms with Crippen LogP contribution in [0.5, 0.6) is 0 Å². The molecule has 0 unspecified atom stereocenters. The van der Waals surface area contributed by atoms with Crippen molar-refractivity contribution in [3.05, 3.63) is 65.5 Å². The zero-order chi connectivity index (χ0) is 24.5. The summed E-state index contributed by atoms with van der Waals surface area (Å²) in [7, 11) is 0. The van der Waals surface area contributed by atoms with Crippen molar-refractivity contribution in [2.45, 2.75) is 13.0 Å². The van der Waals surface area contributed by atoms with Crippen molar-refractivity contribution in [2.75, 3.05) is 42.9 Å². The number of benzene rings is 1. The number of nitrogens with zero attached hydrogens (tertiary/aromatic N) is 4. The third-order valence-corrected chi connectivity index (χ3v) is 6.10. The molecule has 0 spiro atoms. The van der Waals surface area contributed by atoms with Crippen molar-refractivity contribution in [3.8, 4) is 11.3 Å². The molecule has 1 aromatic carbocycles. The number of carbonyl (C=O) groups excluding carboxylic acids is 1. The van der Waals surface area contributed by atoms with E-state index in [4.69, 9.17) is 0 Å². The van der Waals surface area contributed by atoms with Crippen molar-refractivity contribution < 1.29 is 22.4 Å². The molecule has 11 heteroatoms. The number of anilines is 3. The Morgan fingerprint density at radius 3 is 2.43 bits per heavy atom. The first kappa shape index (κ1) is 23.0. The second-order valence-corrected chi connectivity index (χ2v) is 8.36. The van der Waals surface area contributed by atoms with E-state index in [9.17, 15) is 22.4 Å². The first-order valence-electron chi connectivity index (χ1n) is 11.1. The summed E-state index contributed by atoms with van der Waals surface area (Å²) >= 11 is 0. The topological polar surface area (TPSA) is 73.4 Å². The molecule has 0 radical (unpaired) electrons. The van der Waals surface area contributed by atoms with E-state index in [1.165, 1.54) is 12.1 Å². The molecular formula is C24H22F4N6O. The zero-order valence-corrected chi connectivity index (χ0v) is 18.6. The predicted molar refractivity (Wildman–Crippen MR) is 123 cm³/mol. The number of pyridine rings is 2. The van der Waals surface area contributed by atoms with Crippen LogP contribution < -0.4 is 15.5 Å². The fraction of sp³-hybridized carbons (Fsp3) is 0.292. The van der Waals surface area contributed by atoms with Gasteiger partial charge in [0.1, 0.15) is 17.5 Å². The maximum Gasteiger partial charge on any atom is 0.255 e. The van der Waals surface area contributed by atoms with E-state index in [1.54, 1.807) is 17.2 Å². The lowest BCUT2D eigenvalue weighted by Gasteiger charge is -2.35. The minimum absolute atomic E-state index is 0.0663. The molecule has 1 fully saturated rings. The molecule has 35 heavy (non-hydrogen) atoms. The van der Waals surface area contributed by atoms with Crippen molar-refractivity contribution >= 4 is 23.1 Å². The fourth-order valence-electron chi connectivity index (χ4n) is 4.37. The number of alkyl halides is 2. The van der Waals surface area contributed by atoms with Gasteiger partial charge in [0.25, 0.3) is 12.3 Å². The van der Waals surface area contributed by atoms with E-state index in [0.29, 0.717) is 48.9 Å². The average Bonchev–Trinajstić information content (AvgIpc) is 3.21. The first-order chi connectivity index (χ1) is 16.9. The van der Waals surface area contributed by atoms with Gasteiger partial charge >= 0.3 is 0 Å². The quantitative estimate of drug-likeness (QED) is 0.517. The molecule has 1 saturated heterocycles. The highest BCUT2D eigenvalue weighted by atomic mass is 19.3. The van der Waals surface area contributed by atoms with Crippen molar-refractivity contribution in [1.29, 1.82) is 0 Å². The summed E-state index contributed by atoms with van der Waals surface area (Å²) in [5.41, 5.74) is 1.66. The third-order valence-electron chi connectivity index (χ3n) is 6.10. The Kier molecular flexibility index (Phi) is 6.25. The van der Waals surface area contributed by atoms with Crippen LogP contribution in [0.15, 0.2) is 42.6 Å². The molecule has 3 aromatic rings. The molecule has 182 valence electrons. The van der Waals surface area contributed by atoms with E-state index in [-0.39, 0.29) is 30.3 Å². The van der Waals surface area contributed by atoms with Gasteiger partial charge < -0.3 is 15.5 Å². The van der Waals surface area contributed by atoms with Crippen LogP contribution >= 0.6 is 0 Å². The Bertz CT molecular complexity index is 1230. The maximum atomic E-state index is 14.4. The second-order valence-electron chi connectivity index (χ2n) is 8.36. The van der Waals surface area contributed by atoms with Crippen LogP contribution in [0.1, 0.15) is 16.1 Å². The van der Waals surface area contributed by atoms with Crippen molar-refractivity contribution in [2.24, 2.45) is 0 Å². The lowest BCUT2D eigenvalue weighted by Crippen LogP contribution is -2.47. The maximum absolute atomic E-state index is 14.4. The molecule has 0 aliphatic carbocycles. The van der Waals surface area contributed by atoms with E-state index < -0.39 is 18.1 Å². The van der Waals surface area contributed by atoms with Crippen LogP contribution in [0.2, 0.25) is 0 Å². The summed E-state index contributed by atoms with van der Waals surface area (Å²) in [6.07, 6.45) is -0.690. The van der Waals surface area contributed by atoms with Gasteiger partial charge in [-0.25, -0.2) is 27.5 Å². The van der Waals surface area contributed by atoms with Gasteiger partial charge in [0.2, 0.25) is 0 Å². The van der Waals surface area contributed by atoms with E-state index in [1.807, 2.05) is 6.07 Å². The van der Waals surface area contributed by atoms with Crippen molar-refractivity contribution in [1.82, 2.24) is 20.2 Å². The summed E-state index contributed by atoms with van der Waals surface area (Å²) in [6.45, 7) is 2.22.